The van der Waals surface area contributed by atoms with Crippen LogP contribution in [0.4, 0.5) is 0 Å². The number of unbranched alkanes of at least 4 members (excludes halogenated alkanes) is 4. The van der Waals surface area contributed by atoms with Gasteiger partial charge < -0.3 is 10.2 Å². The molecule has 1 aromatic heterocycles. The predicted octanol–water partition coefficient (Wildman–Crippen LogP) is 1.94. The number of aromatic nitrogens is 3. The summed E-state index contributed by atoms with van der Waals surface area (Å²) in [6, 6.07) is 0. The summed E-state index contributed by atoms with van der Waals surface area (Å²) in [5, 5.41) is 11.1. The quantitative estimate of drug-likeness (QED) is 0.729. The van der Waals surface area contributed by atoms with Gasteiger partial charge in [-0.05, 0) is 12.8 Å². The first kappa shape index (κ1) is 13.2. The fraction of sp³-hybridized carbons (Fsp3) is 0.778. The first-order valence-corrected chi connectivity index (χ1v) is 4.73. The molecule has 0 unspecified atom stereocenters. The van der Waals surface area contributed by atoms with Crippen LogP contribution in [0.2, 0.25) is 0 Å². The minimum atomic E-state index is 0. The Balaban J connectivity index is 0.00000144. The van der Waals surface area contributed by atoms with Crippen molar-refractivity contribution in [2.24, 2.45) is 0 Å². The molecular weight excluding hydrogens is 239 g/mol. The molecule has 0 atom stereocenters. The van der Waals surface area contributed by atoms with Crippen molar-refractivity contribution in [1.82, 2.24) is 15.4 Å². The third-order valence-corrected chi connectivity index (χ3v) is 1.97. The van der Waals surface area contributed by atoms with Gasteiger partial charge in [-0.15, -0.1) is 0 Å². The molecule has 13 heavy (non-hydrogen) atoms. The van der Waals surface area contributed by atoms with E-state index >= 15 is 0 Å². The zero-order chi connectivity index (χ0) is 8.65. The first-order valence-electron chi connectivity index (χ1n) is 4.73. The molecule has 0 aliphatic rings. The van der Waals surface area contributed by atoms with Crippen molar-refractivity contribution in [3.63, 3.8) is 0 Å². The molecule has 0 amide bonds. The average Bonchev–Trinajstić information content (AvgIpc) is 2.57. The molecule has 4 heteroatoms. The summed E-state index contributed by atoms with van der Waals surface area (Å²) in [6.45, 7) is 2.23. The van der Waals surface area contributed by atoms with Crippen molar-refractivity contribution in [2.75, 3.05) is 0 Å². The monoisotopic (exact) mass is 255 g/mol. The van der Waals surface area contributed by atoms with Gasteiger partial charge in [-0.1, -0.05) is 44.5 Å². The van der Waals surface area contributed by atoms with Crippen LogP contribution in [0.3, 0.4) is 0 Å². The van der Waals surface area contributed by atoms with E-state index in [2.05, 4.69) is 22.3 Å². The van der Waals surface area contributed by atoms with Gasteiger partial charge >= 0.3 is 0 Å². The SMILES string of the molecule is CCCCCCCc1c[n-]nn1.[Y]. The number of rotatable bonds is 6. The Morgan fingerprint density at radius 3 is 2.62 bits per heavy atom. The second kappa shape index (κ2) is 8.83. The van der Waals surface area contributed by atoms with Crippen molar-refractivity contribution in [1.29, 1.82) is 0 Å². The normalized spacial score (nSPS) is 9.62. The third kappa shape index (κ3) is 6.33. The van der Waals surface area contributed by atoms with Gasteiger partial charge in [0.1, 0.15) is 0 Å². The molecule has 0 aliphatic carbocycles. The first-order chi connectivity index (χ1) is 5.93. The van der Waals surface area contributed by atoms with Crippen LogP contribution in [0.15, 0.2) is 6.20 Å². The second-order valence-corrected chi connectivity index (χ2v) is 3.09. The van der Waals surface area contributed by atoms with E-state index in [9.17, 15) is 0 Å². The molecule has 0 fully saturated rings. The van der Waals surface area contributed by atoms with E-state index in [0.29, 0.717) is 0 Å². The van der Waals surface area contributed by atoms with Gasteiger partial charge in [-0.25, -0.2) is 0 Å². The third-order valence-electron chi connectivity index (χ3n) is 1.97. The molecular formula is C9H16N3Y-. The summed E-state index contributed by atoms with van der Waals surface area (Å²) in [5.74, 6) is 0. The van der Waals surface area contributed by atoms with Gasteiger partial charge in [0.2, 0.25) is 0 Å². The molecule has 1 heterocycles. The zero-order valence-corrected chi connectivity index (χ0v) is 11.1. The molecule has 1 radical (unpaired) electrons. The predicted molar refractivity (Wildman–Crippen MR) is 47.8 cm³/mol. The minimum absolute atomic E-state index is 0. The Hall–Kier alpha value is 0.244. The molecule has 0 saturated heterocycles. The van der Waals surface area contributed by atoms with Gasteiger partial charge in [0, 0.05) is 32.7 Å². The minimum Gasteiger partial charge on any atom is -0.358 e. The standard InChI is InChI=1S/C9H16N3.Y/c1-2-3-4-5-6-7-9-8-10-12-11-9;/h8H,2-7H2,1H3;/q-1;. The van der Waals surface area contributed by atoms with Crippen LogP contribution in [0.5, 0.6) is 0 Å². The van der Waals surface area contributed by atoms with Crippen LogP contribution in [-0.4, -0.2) is 10.3 Å². The van der Waals surface area contributed by atoms with E-state index in [0.717, 1.165) is 12.1 Å². The molecule has 0 spiro atoms. The Morgan fingerprint density at radius 1 is 1.23 bits per heavy atom. The van der Waals surface area contributed by atoms with E-state index in [-0.39, 0.29) is 32.7 Å². The van der Waals surface area contributed by atoms with Crippen LogP contribution in [0, 0.1) is 0 Å². The fourth-order valence-corrected chi connectivity index (χ4v) is 1.23. The smallest absolute Gasteiger partial charge is 0 e. The van der Waals surface area contributed by atoms with Crippen molar-refractivity contribution in [2.45, 2.75) is 45.4 Å². The largest absolute Gasteiger partial charge is 0.358 e. The van der Waals surface area contributed by atoms with Crippen molar-refractivity contribution in [3.05, 3.63) is 11.9 Å². The molecule has 71 valence electrons. The summed E-state index contributed by atoms with van der Waals surface area (Å²) in [4.78, 5) is 0. The fourth-order valence-electron chi connectivity index (χ4n) is 1.23. The van der Waals surface area contributed by atoms with Gasteiger partial charge in [0.25, 0.3) is 0 Å². The number of aryl methyl sites for hydroxylation is 1. The Labute approximate surface area is 105 Å². The maximum atomic E-state index is 3.87. The molecule has 0 aromatic carbocycles. The van der Waals surface area contributed by atoms with E-state index in [1.54, 1.807) is 6.20 Å². The molecule has 0 N–H and O–H groups in total. The zero-order valence-electron chi connectivity index (χ0n) is 8.24. The molecule has 3 nitrogen and oxygen atoms in total. The van der Waals surface area contributed by atoms with E-state index in [1.165, 1.54) is 32.1 Å². The van der Waals surface area contributed by atoms with Gasteiger partial charge in [-0.3, -0.25) is 5.21 Å². The van der Waals surface area contributed by atoms with Crippen LogP contribution in [0.1, 0.15) is 44.7 Å². The molecule has 0 bridgehead atoms. The van der Waals surface area contributed by atoms with Crippen molar-refractivity contribution in [3.8, 4) is 0 Å². The van der Waals surface area contributed by atoms with Crippen LogP contribution in [0.25, 0.3) is 0 Å². The summed E-state index contributed by atoms with van der Waals surface area (Å²) < 4.78 is 0. The summed E-state index contributed by atoms with van der Waals surface area (Å²) in [5.41, 5.74) is 1.03. The van der Waals surface area contributed by atoms with Gasteiger partial charge in [0.15, 0.2) is 0 Å². The number of hydrogen-bond acceptors (Lipinski definition) is 2. The van der Waals surface area contributed by atoms with Crippen molar-refractivity contribution >= 4 is 0 Å². The molecule has 0 aliphatic heterocycles. The maximum absolute atomic E-state index is 3.87. The van der Waals surface area contributed by atoms with Crippen LogP contribution < -0.4 is 5.10 Å². The maximum Gasteiger partial charge on any atom is 0 e. The Morgan fingerprint density at radius 2 is 2.00 bits per heavy atom. The van der Waals surface area contributed by atoms with Crippen LogP contribution in [-0.2, 0) is 39.1 Å². The summed E-state index contributed by atoms with van der Waals surface area (Å²) in [7, 11) is 0. The summed E-state index contributed by atoms with van der Waals surface area (Å²) in [6.07, 6.45) is 9.32. The van der Waals surface area contributed by atoms with E-state index < -0.39 is 0 Å². The molecule has 0 saturated carbocycles. The van der Waals surface area contributed by atoms with Crippen molar-refractivity contribution < 1.29 is 32.7 Å². The Kier molecular flexibility index (Phi) is 8.99. The molecule has 1 aromatic rings. The van der Waals surface area contributed by atoms with Gasteiger partial charge in [0.05, 0.1) is 0 Å². The number of nitrogens with zero attached hydrogens (tertiary/aromatic N) is 3. The van der Waals surface area contributed by atoms with Gasteiger partial charge in [-0.2, -0.15) is 0 Å². The molecule has 1 rings (SSSR count). The summed E-state index contributed by atoms with van der Waals surface area (Å²) >= 11 is 0. The second-order valence-electron chi connectivity index (χ2n) is 3.09. The van der Waals surface area contributed by atoms with E-state index in [1.807, 2.05) is 0 Å². The van der Waals surface area contributed by atoms with Crippen LogP contribution >= 0.6 is 0 Å². The number of hydrogen-bond donors (Lipinski definition) is 0. The topological polar surface area (TPSA) is 39.9 Å². The van der Waals surface area contributed by atoms with E-state index in [4.69, 9.17) is 0 Å². The average molecular weight is 255 g/mol. The Bertz CT molecular complexity index is 187.